The molecule has 1 aliphatic rings. The van der Waals surface area contributed by atoms with Crippen molar-refractivity contribution in [3.8, 4) is 5.75 Å². The second-order valence-electron chi connectivity index (χ2n) is 3.72. The summed E-state index contributed by atoms with van der Waals surface area (Å²) >= 11 is 0. The monoisotopic (exact) mass is 206 g/mol. The Labute approximate surface area is 88.7 Å². The van der Waals surface area contributed by atoms with Gasteiger partial charge < -0.3 is 10.1 Å². The molecule has 4 nitrogen and oxygen atoms in total. The molecule has 1 aliphatic heterocycles. The molecule has 1 unspecified atom stereocenters. The smallest absolute Gasteiger partial charge is 0.263 e. The zero-order valence-electron chi connectivity index (χ0n) is 8.91. The van der Waals surface area contributed by atoms with E-state index in [4.69, 9.17) is 4.74 Å². The first-order chi connectivity index (χ1) is 7.22. The van der Waals surface area contributed by atoms with Gasteiger partial charge in [0.05, 0.1) is 0 Å². The topological polar surface area (TPSA) is 51.2 Å². The van der Waals surface area contributed by atoms with Gasteiger partial charge in [0.1, 0.15) is 0 Å². The number of nitrogens with one attached hydrogen (secondary N) is 1. The van der Waals surface area contributed by atoms with Gasteiger partial charge in [-0.05, 0) is 18.4 Å². The minimum absolute atomic E-state index is 0.0854. The maximum atomic E-state index is 11.1. The molecule has 80 valence electrons. The van der Waals surface area contributed by atoms with Gasteiger partial charge >= 0.3 is 0 Å². The fraction of sp³-hybridized carbons (Fsp3) is 0.455. The molecular weight excluding hydrogens is 192 g/mol. The van der Waals surface area contributed by atoms with Crippen LogP contribution in [-0.4, -0.2) is 17.5 Å². The van der Waals surface area contributed by atoms with Crippen LogP contribution in [0.25, 0.3) is 0 Å². The lowest BCUT2D eigenvalue weighted by Gasteiger charge is -2.21. The largest absolute Gasteiger partial charge is 0.480 e. The fourth-order valence-corrected chi connectivity index (χ4v) is 1.62. The summed E-state index contributed by atoms with van der Waals surface area (Å²) in [4.78, 5) is 15.2. The number of hydrogen-bond acceptors (Lipinski definition) is 3. The van der Waals surface area contributed by atoms with E-state index < -0.39 is 0 Å². The van der Waals surface area contributed by atoms with Crippen molar-refractivity contribution in [1.82, 2.24) is 4.98 Å². The van der Waals surface area contributed by atoms with Crippen LogP contribution in [-0.2, 0) is 4.79 Å². The second-order valence-corrected chi connectivity index (χ2v) is 3.72. The maximum absolute atomic E-state index is 11.1. The van der Waals surface area contributed by atoms with Gasteiger partial charge in [0, 0.05) is 11.8 Å². The number of ether oxygens (including phenoxy) is 1. The molecule has 15 heavy (non-hydrogen) atoms. The quantitative estimate of drug-likeness (QED) is 0.804. The lowest BCUT2D eigenvalue weighted by Crippen LogP contribution is -2.27. The van der Waals surface area contributed by atoms with Crippen LogP contribution in [0.5, 0.6) is 5.75 Å². The van der Waals surface area contributed by atoms with Gasteiger partial charge in [0.25, 0.3) is 5.91 Å². The summed E-state index contributed by atoms with van der Waals surface area (Å²) in [5.41, 5.74) is 1.11. The molecule has 0 spiro atoms. The van der Waals surface area contributed by atoms with Crippen LogP contribution >= 0.6 is 0 Å². The molecular formula is C11H14N2O2. The van der Waals surface area contributed by atoms with E-state index in [0.29, 0.717) is 11.7 Å². The van der Waals surface area contributed by atoms with E-state index in [1.165, 1.54) is 0 Å². The predicted molar refractivity (Wildman–Crippen MR) is 57.1 cm³/mol. The molecule has 0 aromatic carbocycles. The van der Waals surface area contributed by atoms with Gasteiger partial charge in [-0.1, -0.05) is 13.8 Å². The van der Waals surface area contributed by atoms with E-state index in [2.05, 4.69) is 24.1 Å². The SMILES string of the molecule is CCC(C)c1ccnc2c1OCC(=O)N2. The molecule has 1 aromatic heterocycles. The van der Waals surface area contributed by atoms with Crippen molar-refractivity contribution in [1.29, 1.82) is 0 Å². The van der Waals surface area contributed by atoms with Crippen molar-refractivity contribution >= 4 is 11.7 Å². The van der Waals surface area contributed by atoms with E-state index in [0.717, 1.165) is 17.7 Å². The average molecular weight is 206 g/mol. The predicted octanol–water partition coefficient (Wildman–Crippen LogP) is 1.93. The van der Waals surface area contributed by atoms with E-state index in [1.54, 1.807) is 6.20 Å². The third kappa shape index (κ3) is 1.79. The fourth-order valence-electron chi connectivity index (χ4n) is 1.62. The van der Waals surface area contributed by atoms with Crippen LogP contribution in [0.3, 0.4) is 0 Å². The lowest BCUT2D eigenvalue weighted by atomic mass is 9.98. The summed E-state index contributed by atoms with van der Waals surface area (Å²) in [5.74, 6) is 1.54. The van der Waals surface area contributed by atoms with Gasteiger partial charge in [-0.3, -0.25) is 4.79 Å². The molecule has 1 N–H and O–H groups in total. The molecule has 0 aliphatic carbocycles. The molecule has 1 amide bonds. The summed E-state index contributed by atoms with van der Waals surface area (Å²) in [6.45, 7) is 4.34. The van der Waals surface area contributed by atoms with Crippen molar-refractivity contribution in [2.24, 2.45) is 0 Å². The van der Waals surface area contributed by atoms with Crippen molar-refractivity contribution in [2.45, 2.75) is 26.2 Å². The molecule has 0 saturated heterocycles. The number of amides is 1. The number of nitrogens with zero attached hydrogens (tertiary/aromatic N) is 1. The number of aromatic nitrogens is 1. The highest BCUT2D eigenvalue weighted by atomic mass is 16.5. The lowest BCUT2D eigenvalue weighted by molar-refractivity contribution is -0.118. The van der Waals surface area contributed by atoms with Gasteiger partial charge in [-0.25, -0.2) is 4.98 Å². The normalized spacial score (nSPS) is 16.3. The zero-order valence-corrected chi connectivity index (χ0v) is 8.91. The second kappa shape index (κ2) is 3.88. The van der Waals surface area contributed by atoms with Crippen molar-refractivity contribution in [3.63, 3.8) is 0 Å². The first kappa shape index (κ1) is 9.96. The summed E-state index contributed by atoms with van der Waals surface area (Å²) in [6.07, 6.45) is 2.74. The van der Waals surface area contributed by atoms with Crippen LogP contribution in [0.1, 0.15) is 31.7 Å². The molecule has 2 heterocycles. The van der Waals surface area contributed by atoms with Crippen LogP contribution in [0.15, 0.2) is 12.3 Å². The molecule has 0 bridgehead atoms. The average Bonchev–Trinajstić information content (AvgIpc) is 2.26. The number of pyridine rings is 1. The number of fused-ring (bicyclic) bond motifs is 1. The number of hydrogen-bond donors (Lipinski definition) is 1. The Hall–Kier alpha value is -1.58. The summed E-state index contributed by atoms with van der Waals surface area (Å²) in [5, 5.41) is 2.70. The molecule has 1 atom stereocenters. The molecule has 4 heteroatoms. The van der Waals surface area contributed by atoms with E-state index in [-0.39, 0.29) is 12.5 Å². The van der Waals surface area contributed by atoms with Gasteiger partial charge in [0.15, 0.2) is 18.2 Å². The maximum Gasteiger partial charge on any atom is 0.263 e. The van der Waals surface area contributed by atoms with Crippen LogP contribution in [0.2, 0.25) is 0 Å². The van der Waals surface area contributed by atoms with E-state index >= 15 is 0 Å². The summed E-state index contributed by atoms with van der Waals surface area (Å²) in [7, 11) is 0. The first-order valence-corrected chi connectivity index (χ1v) is 5.14. The Balaban J connectivity index is 2.41. The minimum atomic E-state index is -0.142. The van der Waals surface area contributed by atoms with Crippen molar-refractivity contribution in [2.75, 3.05) is 11.9 Å². The Morgan fingerprint density at radius 1 is 1.67 bits per heavy atom. The van der Waals surface area contributed by atoms with Gasteiger partial charge in [-0.15, -0.1) is 0 Å². The van der Waals surface area contributed by atoms with Gasteiger partial charge in [-0.2, -0.15) is 0 Å². The molecule has 1 aromatic rings. The third-order valence-electron chi connectivity index (χ3n) is 2.68. The third-order valence-corrected chi connectivity index (χ3v) is 2.68. The molecule has 0 radical (unpaired) electrons. The molecule has 0 saturated carbocycles. The standard InChI is InChI=1S/C11H14N2O2/c1-3-7(2)8-4-5-12-11-10(8)15-6-9(14)13-11/h4-5,7H,3,6H2,1-2H3,(H,12,13,14). The van der Waals surface area contributed by atoms with Crippen molar-refractivity contribution in [3.05, 3.63) is 17.8 Å². The molecule has 2 rings (SSSR count). The number of anilines is 1. The number of rotatable bonds is 2. The molecule has 0 fully saturated rings. The summed E-state index contributed by atoms with van der Waals surface area (Å²) < 4.78 is 5.42. The Kier molecular flexibility index (Phi) is 2.58. The van der Waals surface area contributed by atoms with Crippen LogP contribution in [0, 0.1) is 0 Å². The Morgan fingerprint density at radius 3 is 3.20 bits per heavy atom. The van der Waals surface area contributed by atoms with E-state index in [1.807, 2.05) is 6.07 Å². The summed E-state index contributed by atoms with van der Waals surface area (Å²) in [6, 6.07) is 1.95. The van der Waals surface area contributed by atoms with E-state index in [9.17, 15) is 4.79 Å². The number of carbonyl (C=O) groups is 1. The highest BCUT2D eigenvalue weighted by Crippen LogP contribution is 2.35. The Morgan fingerprint density at radius 2 is 2.47 bits per heavy atom. The van der Waals surface area contributed by atoms with Crippen molar-refractivity contribution < 1.29 is 9.53 Å². The number of carbonyl (C=O) groups excluding carboxylic acids is 1. The van der Waals surface area contributed by atoms with Crippen LogP contribution in [0.4, 0.5) is 5.82 Å². The minimum Gasteiger partial charge on any atom is -0.480 e. The van der Waals surface area contributed by atoms with Gasteiger partial charge in [0.2, 0.25) is 0 Å². The highest BCUT2D eigenvalue weighted by Gasteiger charge is 2.21. The zero-order chi connectivity index (χ0) is 10.8. The first-order valence-electron chi connectivity index (χ1n) is 5.14. The Bertz CT molecular complexity index is 390. The van der Waals surface area contributed by atoms with Crippen LogP contribution < -0.4 is 10.1 Å². The highest BCUT2D eigenvalue weighted by molar-refractivity contribution is 5.94.